The van der Waals surface area contributed by atoms with E-state index in [2.05, 4.69) is 5.32 Å². The van der Waals surface area contributed by atoms with E-state index in [0.717, 1.165) is 5.56 Å². The van der Waals surface area contributed by atoms with E-state index in [-0.39, 0.29) is 30.6 Å². The van der Waals surface area contributed by atoms with Gasteiger partial charge in [0.25, 0.3) is 0 Å². The van der Waals surface area contributed by atoms with Gasteiger partial charge in [-0.2, -0.15) is 0 Å². The van der Waals surface area contributed by atoms with Gasteiger partial charge in [0.05, 0.1) is 26.6 Å². The van der Waals surface area contributed by atoms with E-state index < -0.39 is 5.97 Å². The van der Waals surface area contributed by atoms with E-state index in [9.17, 15) is 14.4 Å². The number of anilines is 1. The highest BCUT2D eigenvalue weighted by molar-refractivity contribution is 6.05. The number of fused-ring (bicyclic) bond motifs is 1. The average molecular weight is 383 g/mol. The Kier molecular flexibility index (Phi) is 5.63. The van der Waals surface area contributed by atoms with Crippen LogP contribution >= 0.6 is 0 Å². The maximum absolute atomic E-state index is 12.4. The summed E-state index contributed by atoms with van der Waals surface area (Å²) in [6, 6.07) is 10.1. The zero-order valence-corrected chi connectivity index (χ0v) is 15.9. The van der Waals surface area contributed by atoms with Crippen molar-refractivity contribution >= 4 is 23.3 Å². The molecule has 7 nitrogen and oxygen atoms in total. The molecule has 0 spiro atoms. The second kappa shape index (κ2) is 8.12. The van der Waals surface area contributed by atoms with Crippen LogP contribution in [-0.2, 0) is 20.7 Å². The molecule has 0 radical (unpaired) electrons. The highest BCUT2D eigenvalue weighted by atomic mass is 16.5. The predicted octanol–water partition coefficient (Wildman–Crippen LogP) is 2.73. The van der Waals surface area contributed by atoms with E-state index >= 15 is 0 Å². The van der Waals surface area contributed by atoms with Gasteiger partial charge in [0, 0.05) is 22.9 Å². The molecule has 2 aromatic carbocycles. The lowest BCUT2D eigenvalue weighted by molar-refractivity contribution is -0.141. The number of esters is 1. The minimum Gasteiger partial charge on any atom is -0.497 e. The summed E-state index contributed by atoms with van der Waals surface area (Å²) < 4.78 is 15.5. The fourth-order valence-corrected chi connectivity index (χ4v) is 3.02. The van der Waals surface area contributed by atoms with Gasteiger partial charge >= 0.3 is 5.97 Å². The number of carbonyl (C=O) groups is 3. The molecule has 28 heavy (non-hydrogen) atoms. The Morgan fingerprint density at radius 3 is 2.57 bits per heavy atom. The second-order valence-corrected chi connectivity index (χ2v) is 6.45. The first-order chi connectivity index (χ1) is 13.4. The molecule has 0 bridgehead atoms. The summed E-state index contributed by atoms with van der Waals surface area (Å²) in [5.74, 6) is -0.157. The first kappa shape index (κ1) is 19.4. The molecule has 1 aliphatic rings. The summed E-state index contributed by atoms with van der Waals surface area (Å²) in [4.78, 5) is 36.2. The molecular formula is C21H21NO6. The summed E-state index contributed by atoms with van der Waals surface area (Å²) in [6.07, 6.45) is -0.0277. The number of benzene rings is 2. The molecule has 7 heteroatoms. The zero-order chi connectivity index (χ0) is 20.3. The van der Waals surface area contributed by atoms with Gasteiger partial charge < -0.3 is 19.5 Å². The monoisotopic (exact) mass is 383 g/mol. The van der Waals surface area contributed by atoms with Crippen LogP contribution in [0.5, 0.6) is 11.5 Å². The Bertz CT molecular complexity index is 936. The number of ketones is 1. The van der Waals surface area contributed by atoms with Crippen molar-refractivity contribution in [3.63, 3.8) is 0 Å². The maximum Gasteiger partial charge on any atom is 0.310 e. The van der Waals surface area contributed by atoms with E-state index in [1.165, 1.54) is 7.11 Å². The van der Waals surface area contributed by atoms with Gasteiger partial charge in [-0.3, -0.25) is 14.4 Å². The van der Waals surface area contributed by atoms with E-state index in [1.54, 1.807) is 50.4 Å². The van der Waals surface area contributed by atoms with E-state index in [1.807, 2.05) is 0 Å². The number of amides is 1. The Morgan fingerprint density at radius 2 is 1.86 bits per heavy atom. The Morgan fingerprint density at radius 1 is 1.07 bits per heavy atom. The van der Waals surface area contributed by atoms with Crippen molar-refractivity contribution < 1.29 is 28.6 Å². The molecule has 0 fully saturated rings. The molecule has 1 amide bonds. The highest BCUT2D eigenvalue weighted by Gasteiger charge is 2.27. The third kappa shape index (κ3) is 3.98. The van der Waals surface area contributed by atoms with Gasteiger partial charge in [0.15, 0.2) is 12.4 Å². The fraction of sp³-hybridized carbons (Fsp3) is 0.286. The van der Waals surface area contributed by atoms with Crippen molar-refractivity contribution in [3.05, 3.63) is 53.1 Å². The largest absolute Gasteiger partial charge is 0.497 e. The first-order valence-electron chi connectivity index (χ1n) is 8.77. The molecule has 0 unspecified atom stereocenters. The second-order valence-electron chi connectivity index (χ2n) is 6.45. The Labute approximate surface area is 162 Å². The van der Waals surface area contributed by atoms with Crippen LogP contribution in [0.15, 0.2) is 36.4 Å². The molecule has 0 saturated carbocycles. The van der Waals surface area contributed by atoms with Crippen LogP contribution in [0.1, 0.15) is 34.3 Å². The Balaban J connectivity index is 1.61. The molecule has 0 aliphatic carbocycles. The first-order valence-corrected chi connectivity index (χ1v) is 8.77. The summed E-state index contributed by atoms with van der Waals surface area (Å²) >= 11 is 0. The maximum atomic E-state index is 12.4. The standard InChI is InChI=1S/C21H21NO6/c1-12-16-8-13(5-7-17(16)22-21(12)25)18(23)11-28-20(24)9-14-4-6-15(26-2)10-19(14)27-3/h4-8,10,12H,9,11H2,1-3H3,(H,22,25)/t12-/m0/s1. The number of hydrogen-bond donors (Lipinski definition) is 1. The Hall–Kier alpha value is -3.35. The SMILES string of the molecule is COc1ccc(CC(=O)OCC(=O)c2ccc3c(c2)[C@H](C)C(=O)N3)c(OC)c1. The summed E-state index contributed by atoms with van der Waals surface area (Å²) in [5, 5.41) is 2.75. The number of ether oxygens (including phenoxy) is 3. The summed E-state index contributed by atoms with van der Waals surface area (Å²) in [5.41, 5.74) is 2.51. The van der Waals surface area contributed by atoms with Crippen molar-refractivity contribution in [3.8, 4) is 11.5 Å². The molecule has 1 aliphatic heterocycles. The van der Waals surface area contributed by atoms with Gasteiger partial charge in [0.1, 0.15) is 11.5 Å². The quantitative estimate of drug-likeness (QED) is 0.584. The minimum absolute atomic E-state index is 0.0277. The average Bonchev–Trinajstić information content (AvgIpc) is 2.99. The van der Waals surface area contributed by atoms with Crippen molar-refractivity contribution in [2.75, 3.05) is 26.1 Å². The molecule has 1 atom stereocenters. The van der Waals surface area contributed by atoms with Gasteiger partial charge in [-0.15, -0.1) is 0 Å². The predicted molar refractivity (Wildman–Crippen MR) is 102 cm³/mol. The minimum atomic E-state index is -0.539. The zero-order valence-electron chi connectivity index (χ0n) is 15.9. The summed E-state index contributed by atoms with van der Waals surface area (Å²) in [6.45, 7) is 1.41. The third-order valence-corrected chi connectivity index (χ3v) is 4.68. The van der Waals surface area contributed by atoms with Crippen LogP contribution in [0.2, 0.25) is 0 Å². The molecular weight excluding hydrogens is 362 g/mol. The van der Waals surface area contributed by atoms with Crippen LogP contribution < -0.4 is 14.8 Å². The van der Waals surface area contributed by atoms with Gasteiger partial charge in [-0.05, 0) is 36.8 Å². The number of Topliss-reactive ketones (excluding diaryl/α,β-unsaturated/α-hetero) is 1. The molecule has 3 rings (SSSR count). The van der Waals surface area contributed by atoms with Gasteiger partial charge in [-0.1, -0.05) is 6.07 Å². The lowest BCUT2D eigenvalue weighted by atomic mass is 9.99. The number of hydrogen-bond acceptors (Lipinski definition) is 6. The van der Waals surface area contributed by atoms with Crippen LogP contribution in [0, 0.1) is 0 Å². The van der Waals surface area contributed by atoms with Crippen LogP contribution in [0.4, 0.5) is 5.69 Å². The van der Waals surface area contributed by atoms with Crippen LogP contribution in [0.3, 0.4) is 0 Å². The molecule has 1 heterocycles. The number of nitrogens with one attached hydrogen (secondary N) is 1. The van der Waals surface area contributed by atoms with Crippen molar-refractivity contribution in [2.45, 2.75) is 19.3 Å². The fourth-order valence-electron chi connectivity index (χ4n) is 3.02. The molecule has 146 valence electrons. The van der Waals surface area contributed by atoms with E-state index in [4.69, 9.17) is 14.2 Å². The van der Waals surface area contributed by atoms with Crippen LogP contribution in [0.25, 0.3) is 0 Å². The van der Waals surface area contributed by atoms with Crippen molar-refractivity contribution in [1.29, 1.82) is 0 Å². The normalized spacial score (nSPS) is 14.8. The topological polar surface area (TPSA) is 90.9 Å². The molecule has 2 aromatic rings. The van der Waals surface area contributed by atoms with Gasteiger partial charge in [-0.25, -0.2) is 0 Å². The molecule has 0 saturated heterocycles. The van der Waals surface area contributed by atoms with Gasteiger partial charge in [0.2, 0.25) is 5.91 Å². The smallest absolute Gasteiger partial charge is 0.310 e. The van der Waals surface area contributed by atoms with Crippen molar-refractivity contribution in [1.82, 2.24) is 0 Å². The summed E-state index contributed by atoms with van der Waals surface area (Å²) in [7, 11) is 3.04. The highest BCUT2D eigenvalue weighted by Crippen LogP contribution is 2.32. The molecule has 1 N–H and O–H groups in total. The molecule has 0 aromatic heterocycles. The van der Waals surface area contributed by atoms with Crippen LogP contribution in [-0.4, -0.2) is 38.5 Å². The number of rotatable bonds is 7. The lowest BCUT2D eigenvalue weighted by Gasteiger charge is -2.10. The van der Waals surface area contributed by atoms with E-state index in [0.29, 0.717) is 28.3 Å². The third-order valence-electron chi connectivity index (χ3n) is 4.68. The number of carbonyl (C=O) groups excluding carboxylic acids is 3. The number of methoxy groups -OCH3 is 2. The van der Waals surface area contributed by atoms with Crippen molar-refractivity contribution in [2.24, 2.45) is 0 Å². The lowest BCUT2D eigenvalue weighted by Crippen LogP contribution is -2.16.